The first-order chi connectivity index (χ1) is 9.11. The number of carbonyl (C=O) groups excluding carboxylic acids is 1. The lowest BCUT2D eigenvalue weighted by Crippen LogP contribution is -2.32. The van der Waals surface area contributed by atoms with Gasteiger partial charge in [0.1, 0.15) is 5.82 Å². The molecule has 0 spiro atoms. The van der Waals surface area contributed by atoms with E-state index in [2.05, 4.69) is 19.6 Å². The van der Waals surface area contributed by atoms with Gasteiger partial charge in [-0.15, -0.1) is 0 Å². The Kier molecular flexibility index (Phi) is 4.31. The molecule has 19 heavy (non-hydrogen) atoms. The number of aromatic nitrogens is 2. The summed E-state index contributed by atoms with van der Waals surface area (Å²) in [4.78, 5) is 21.9. The Morgan fingerprint density at radius 3 is 3.11 bits per heavy atom. The molecule has 0 aliphatic carbocycles. The van der Waals surface area contributed by atoms with Gasteiger partial charge in [-0.3, -0.25) is 4.98 Å². The van der Waals surface area contributed by atoms with Gasteiger partial charge < -0.3 is 14.7 Å². The summed E-state index contributed by atoms with van der Waals surface area (Å²) < 4.78 is 4.65. The van der Waals surface area contributed by atoms with Crippen LogP contribution in [-0.4, -0.2) is 46.8 Å². The SMILES string of the molecule is COC(=O)c1cncc(N2CCCC2CC(C)O)n1. The molecule has 6 heteroatoms. The third kappa shape index (κ3) is 3.20. The number of ether oxygens (including phenoxy) is 1. The molecular formula is C13H19N3O3. The van der Waals surface area contributed by atoms with Crippen molar-refractivity contribution in [2.24, 2.45) is 0 Å². The maximum atomic E-state index is 11.5. The van der Waals surface area contributed by atoms with Crippen LogP contribution in [0, 0.1) is 0 Å². The van der Waals surface area contributed by atoms with E-state index in [-0.39, 0.29) is 17.8 Å². The van der Waals surface area contributed by atoms with Gasteiger partial charge in [-0.05, 0) is 26.2 Å². The predicted octanol–water partition coefficient (Wildman–Crippen LogP) is 1.00. The zero-order valence-electron chi connectivity index (χ0n) is 11.2. The van der Waals surface area contributed by atoms with Crippen molar-refractivity contribution in [3.8, 4) is 0 Å². The highest BCUT2D eigenvalue weighted by Crippen LogP contribution is 2.26. The topological polar surface area (TPSA) is 75.5 Å². The van der Waals surface area contributed by atoms with E-state index in [4.69, 9.17) is 0 Å². The van der Waals surface area contributed by atoms with Gasteiger partial charge in [0.05, 0.1) is 25.6 Å². The summed E-state index contributed by atoms with van der Waals surface area (Å²) in [6.07, 6.45) is 5.48. The molecule has 0 aromatic carbocycles. The normalized spacial score (nSPS) is 20.4. The third-order valence-corrected chi connectivity index (χ3v) is 3.30. The summed E-state index contributed by atoms with van der Waals surface area (Å²) in [5.74, 6) is 0.187. The zero-order chi connectivity index (χ0) is 13.8. The Bertz CT molecular complexity index is 451. The third-order valence-electron chi connectivity index (χ3n) is 3.30. The fourth-order valence-electron chi connectivity index (χ4n) is 2.47. The van der Waals surface area contributed by atoms with Gasteiger partial charge in [0, 0.05) is 12.6 Å². The number of anilines is 1. The Balaban J connectivity index is 2.18. The molecule has 2 rings (SSSR count). The maximum absolute atomic E-state index is 11.5. The molecule has 2 unspecified atom stereocenters. The minimum absolute atomic E-state index is 0.211. The number of hydrogen-bond acceptors (Lipinski definition) is 6. The van der Waals surface area contributed by atoms with Gasteiger partial charge in [-0.2, -0.15) is 0 Å². The number of hydrogen-bond donors (Lipinski definition) is 1. The number of nitrogens with zero attached hydrogens (tertiary/aromatic N) is 3. The highest BCUT2D eigenvalue weighted by atomic mass is 16.5. The van der Waals surface area contributed by atoms with Crippen LogP contribution in [-0.2, 0) is 4.74 Å². The zero-order valence-corrected chi connectivity index (χ0v) is 11.2. The van der Waals surface area contributed by atoms with E-state index < -0.39 is 5.97 Å². The summed E-state index contributed by atoms with van der Waals surface area (Å²) >= 11 is 0. The number of rotatable bonds is 4. The number of aliphatic hydroxyl groups excluding tert-OH is 1. The molecule has 1 fully saturated rings. The van der Waals surface area contributed by atoms with Gasteiger partial charge in [-0.25, -0.2) is 9.78 Å². The minimum Gasteiger partial charge on any atom is -0.464 e. The Labute approximate surface area is 112 Å². The lowest BCUT2D eigenvalue weighted by atomic mass is 10.1. The molecule has 1 aromatic heterocycles. The number of carbonyl (C=O) groups is 1. The molecule has 0 amide bonds. The summed E-state index contributed by atoms with van der Waals surface area (Å²) in [6, 6.07) is 0.252. The van der Waals surface area contributed by atoms with E-state index >= 15 is 0 Å². The molecule has 1 aliphatic heterocycles. The van der Waals surface area contributed by atoms with Crippen molar-refractivity contribution in [3.63, 3.8) is 0 Å². The Morgan fingerprint density at radius 1 is 1.63 bits per heavy atom. The molecule has 104 valence electrons. The van der Waals surface area contributed by atoms with Crippen molar-refractivity contribution >= 4 is 11.8 Å². The fraction of sp³-hybridized carbons (Fsp3) is 0.615. The van der Waals surface area contributed by atoms with Crippen LogP contribution in [0.4, 0.5) is 5.82 Å². The van der Waals surface area contributed by atoms with Crippen molar-refractivity contribution in [1.82, 2.24) is 9.97 Å². The predicted molar refractivity (Wildman–Crippen MR) is 70.0 cm³/mol. The maximum Gasteiger partial charge on any atom is 0.358 e. The first kappa shape index (κ1) is 13.7. The van der Waals surface area contributed by atoms with Crippen LogP contribution >= 0.6 is 0 Å². The van der Waals surface area contributed by atoms with Crippen LogP contribution in [0.2, 0.25) is 0 Å². The van der Waals surface area contributed by atoms with Crippen molar-refractivity contribution in [1.29, 1.82) is 0 Å². The van der Waals surface area contributed by atoms with Gasteiger partial charge in [0.2, 0.25) is 0 Å². The molecule has 1 N–H and O–H groups in total. The monoisotopic (exact) mass is 265 g/mol. The number of methoxy groups -OCH3 is 1. The molecule has 1 saturated heterocycles. The molecule has 0 bridgehead atoms. The van der Waals surface area contributed by atoms with Gasteiger partial charge in [0.25, 0.3) is 0 Å². The fourth-order valence-corrected chi connectivity index (χ4v) is 2.47. The second kappa shape index (κ2) is 5.97. The van der Waals surface area contributed by atoms with Crippen LogP contribution in [0.1, 0.15) is 36.7 Å². The van der Waals surface area contributed by atoms with E-state index in [9.17, 15) is 9.90 Å². The molecule has 2 atom stereocenters. The van der Waals surface area contributed by atoms with Gasteiger partial charge in [-0.1, -0.05) is 0 Å². The molecule has 2 heterocycles. The van der Waals surface area contributed by atoms with Crippen molar-refractivity contribution < 1.29 is 14.6 Å². The van der Waals surface area contributed by atoms with Crippen LogP contribution in [0.3, 0.4) is 0 Å². The van der Waals surface area contributed by atoms with Crippen LogP contribution < -0.4 is 4.90 Å². The summed E-state index contributed by atoms with van der Waals surface area (Å²) in [6.45, 7) is 2.66. The van der Waals surface area contributed by atoms with Crippen LogP contribution in [0.15, 0.2) is 12.4 Å². The molecule has 0 saturated carbocycles. The smallest absolute Gasteiger partial charge is 0.358 e. The lowest BCUT2D eigenvalue weighted by molar-refractivity contribution is 0.0593. The van der Waals surface area contributed by atoms with Crippen LogP contribution in [0.5, 0.6) is 0 Å². The summed E-state index contributed by atoms with van der Waals surface area (Å²) in [7, 11) is 1.32. The van der Waals surface area contributed by atoms with Crippen molar-refractivity contribution in [3.05, 3.63) is 18.1 Å². The molecule has 6 nitrogen and oxygen atoms in total. The highest BCUT2D eigenvalue weighted by Gasteiger charge is 2.27. The van der Waals surface area contributed by atoms with Crippen molar-refractivity contribution in [2.45, 2.75) is 38.3 Å². The first-order valence-electron chi connectivity index (χ1n) is 6.47. The van der Waals surface area contributed by atoms with E-state index in [0.29, 0.717) is 12.2 Å². The molecule has 1 aliphatic rings. The van der Waals surface area contributed by atoms with Gasteiger partial charge in [0.15, 0.2) is 5.69 Å². The second-order valence-electron chi connectivity index (χ2n) is 4.83. The number of esters is 1. The molecule has 1 aromatic rings. The highest BCUT2D eigenvalue weighted by molar-refractivity contribution is 5.87. The van der Waals surface area contributed by atoms with E-state index in [1.54, 1.807) is 13.1 Å². The van der Waals surface area contributed by atoms with Crippen LogP contribution in [0.25, 0.3) is 0 Å². The summed E-state index contributed by atoms with van der Waals surface area (Å²) in [5.41, 5.74) is 0.211. The second-order valence-corrected chi connectivity index (χ2v) is 4.83. The minimum atomic E-state index is -0.486. The van der Waals surface area contributed by atoms with E-state index in [0.717, 1.165) is 19.4 Å². The molecule has 0 radical (unpaired) electrons. The first-order valence-corrected chi connectivity index (χ1v) is 6.47. The quantitative estimate of drug-likeness (QED) is 0.819. The van der Waals surface area contributed by atoms with Gasteiger partial charge >= 0.3 is 5.97 Å². The Hall–Kier alpha value is -1.69. The number of aliphatic hydroxyl groups is 1. The summed E-state index contributed by atoms with van der Waals surface area (Å²) in [5, 5.41) is 9.52. The van der Waals surface area contributed by atoms with E-state index in [1.165, 1.54) is 13.3 Å². The van der Waals surface area contributed by atoms with Crippen molar-refractivity contribution in [2.75, 3.05) is 18.6 Å². The lowest BCUT2D eigenvalue weighted by Gasteiger charge is -2.26. The molecular weight excluding hydrogens is 246 g/mol. The largest absolute Gasteiger partial charge is 0.464 e. The Morgan fingerprint density at radius 2 is 2.42 bits per heavy atom. The average Bonchev–Trinajstić information content (AvgIpc) is 2.85. The van der Waals surface area contributed by atoms with E-state index in [1.807, 2.05) is 0 Å². The standard InChI is InChI=1S/C13H19N3O3/c1-9(17)6-10-4-3-5-16(10)12-8-14-7-11(15-12)13(18)19-2/h7-10,17H,3-6H2,1-2H3. The average molecular weight is 265 g/mol.